The SMILES string of the molecule is C=C1/C=C\C(Cl)=CC(N)CC=N1. The summed E-state index contributed by atoms with van der Waals surface area (Å²) in [7, 11) is 0. The molecule has 0 aromatic rings. The summed E-state index contributed by atoms with van der Waals surface area (Å²) in [4.78, 5) is 4.05. The molecule has 12 heavy (non-hydrogen) atoms. The molecule has 1 atom stereocenters. The van der Waals surface area contributed by atoms with Crippen molar-refractivity contribution in [2.45, 2.75) is 12.5 Å². The lowest BCUT2D eigenvalue weighted by Gasteiger charge is -1.99. The van der Waals surface area contributed by atoms with Gasteiger partial charge in [0.25, 0.3) is 0 Å². The van der Waals surface area contributed by atoms with Gasteiger partial charge in [0, 0.05) is 23.7 Å². The van der Waals surface area contributed by atoms with E-state index in [4.69, 9.17) is 17.3 Å². The van der Waals surface area contributed by atoms with Gasteiger partial charge in [0.15, 0.2) is 0 Å². The molecule has 0 spiro atoms. The standard InChI is InChI=1S/C9H11ClN2/c1-7-2-3-8(10)6-9(11)4-5-12-7/h2-3,5-6,9H,1,4,11H2/b3-2-,8-6?,12-5?. The van der Waals surface area contributed by atoms with Crippen LogP contribution >= 0.6 is 11.6 Å². The van der Waals surface area contributed by atoms with Crippen LogP contribution < -0.4 is 5.73 Å². The van der Waals surface area contributed by atoms with Crippen LogP contribution in [0.25, 0.3) is 0 Å². The third-order valence-electron chi connectivity index (χ3n) is 1.44. The fraction of sp³-hybridized carbons (Fsp3) is 0.222. The van der Waals surface area contributed by atoms with Crippen molar-refractivity contribution in [1.29, 1.82) is 0 Å². The number of aliphatic imine (C=N–C) groups is 1. The van der Waals surface area contributed by atoms with Crippen molar-refractivity contribution in [3.63, 3.8) is 0 Å². The molecule has 0 amide bonds. The lowest BCUT2D eigenvalue weighted by molar-refractivity contribution is 0.868. The first kappa shape index (κ1) is 9.23. The molecule has 2 N–H and O–H groups in total. The Labute approximate surface area is 77.1 Å². The second-order valence-electron chi connectivity index (χ2n) is 2.59. The lowest BCUT2D eigenvalue weighted by Crippen LogP contribution is -2.17. The first-order chi connectivity index (χ1) is 5.68. The molecule has 0 aliphatic carbocycles. The van der Waals surface area contributed by atoms with Gasteiger partial charge >= 0.3 is 0 Å². The molecule has 0 bridgehead atoms. The van der Waals surface area contributed by atoms with E-state index in [1.165, 1.54) is 0 Å². The highest BCUT2D eigenvalue weighted by atomic mass is 35.5. The van der Waals surface area contributed by atoms with Gasteiger partial charge in [-0.15, -0.1) is 0 Å². The number of allylic oxidation sites excluding steroid dienone is 3. The van der Waals surface area contributed by atoms with Gasteiger partial charge in [-0.2, -0.15) is 0 Å². The van der Waals surface area contributed by atoms with E-state index in [-0.39, 0.29) is 6.04 Å². The summed E-state index contributed by atoms with van der Waals surface area (Å²) in [5.74, 6) is 0. The molecule has 0 fully saturated rings. The van der Waals surface area contributed by atoms with Gasteiger partial charge in [0.2, 0.25) is 0 Å². The second-order valence-corrected chi connectivity index (χ2v) is 3.02. The van der Waals surface area contributed by atoms with Crippen molar-refractivity contribution in [3.8, 4) is 0 Å². The van der Waals surface area contributed by atoms with Crippen LogP contribution in [0.1, 0.15) is 6.42 Å². The number of nitrogens with zero attached hydrogens (tertiary/aromatic N) is 1. The van der Waals surface area contributed by atoms with Crippen molar-refractivity contribution >= 4 is 17.8 Å². The Hall–Kier alpha value is -0.860. The number of halogens is 1. The second kappa shape index (κ2) is 4.24. The summed E-state index contributed by atoms with van der Waals surface area (Å²) >= 11 is 5.82. The van der Waals surface area contributed by atoms with E-state index in [2.05, 4.69) is 11.6 Å². The molecule has 0 saturated carbocycles. The van der Waals surface area contributed by atoms with Crippen LogP contribution in [-0.2, 0) is 0 Å². The molecule has 1 aliphatic heterocycles. The summed E-state index contributed by atoms with van der Waals surface area (Å²) < 4.78 is 0. The predicted octanol–water partition coefficient (Wildman–Crippen LogP) is 1.98. The van der Waals surface area contributed by atoms with Crippen LogP contribution in [0.3, 0.4) is 0 Å². The molecule has 1 aliphatic rings. The predicted molar refractivity (Wildman–Crippen MR) is 53.3 cm³/mol. The van der Waals surface area contributed by atoms with Crippen LogP contribution in [0.5, 0.6) is 0 Å². The highest BCUT2D eigenvalue weighted by Gasteiger charge is 1.98. The zero-order valence-corrected chi connectivity index (χ0v) is 7.46. The third-order valence-corrected chi connectivity index (χ3v) is 1.69. The molecule has 0 aromatic heterocycles. The summed E-state index contributed by atoms with van der Waals surface area (Å²) in [6, 6.07) is -0.0585. The van der Waals surface area contributed by atoms with Gasteiger partial charge in [-0.3, -0.25) is 4.99 Å². The van der Waals surface area contributed by atoms with Crippen molar-refractivity contribution in [3.05, 3.63) is 35.5 Å². The Morgan fingerprint density at radius 1 is 1.58 bits per heavy atom. The molecule has 64 valence electrons. The van der Waals surface area contributed by atoms with Crippen LogP contribution in [0.4, 0.5) is 0 Å². The normalized spacial score (nSPS) is 27.0. The van der Waals surface area contributed by atoms with E-state index in [9.17, 15) is 0 Å². The van der Waals surface area contributed by atoms with Gasteiger partial charge < -0.3 is 5.73 Å². The first-order valence-electron chi connectivity index (χ1n) is 3.71. The largest absolute Gasteiger partial charge is 0.324 e. The summed E-state index contributed by atoms with van der Waals surface area (Å²) in [5.41, 5.74) is 6.38. The van der Waals surface area contributed by atoms with E-state index >= 15 is 0 Å². The van der Waals surface area contributed by atoms with E-state index in [1.54, 1.807) is 24.4 Å². The molecule has 3 heteroatoms. The monoisotopic (exact) mass is 182 g/mol. The minimum absolute atomic E-state index is 0.0585. The van der Waals surface area contributed by atoms with Crippen LogP contribution in [0.15, 0.2) is 40.5 Å². The summed E-state index contributed by atoms with van der Waals surface area (Å²) in [6.45, 7) is 3.71. The Balaban J connectivity index is 2.83. The Kier molecular flexibility index (Phi) is 3.26. The number of hydrogen-bond donors (Lipinski definition) is 1. The molecule has 1 heterocycles. The average Bonchev–Trinajstić information content (AvgIpc) is 2.05. The van der Waals surface area contributed by atoms with Gasteiger partial charge in [-0.05, 0) is 18.2 Å². The zero-order chi connectivity index (χ0) is 8.97. The van der Waals surface area contributed by atoms with Gasteiger partial charge in [-0.1, -0.05) is 18.2 Å². The molecular weight excluding hydrogens is 172 g/mol. The topological polar surface area (TPSA) is 38.4 Å². The van der Waals surface area contributed by atoms with Crippen LogP contribution in [-0.4, -0.2) is 12.3 Å². The summed E-state index contributed by atoms with van der Waals surface area (Å²) in [6.07, 6.45) is 7.74. The Morgan fingerprint density at radius 3 is 3.08 bits per heavy atom. The number of rotatable bonds is 0. The van der Waals surface area contributed by atoms with E-state index in [0.717, 1.165) is 0 Å². The van der Waals surface area contributed by atoms with Gasteiger partial charge in [0.1, 0.15) is 0 Å². The maximum absolute atomic E-state index is 5.82. The van der Waals surface area contributed by atoms with Crippen molar-refractivity contribution in [2.75, 3.05) is 0 Å². The van der Waals surface area contributed by atoms with E-state index in [0.29, 0.717) is 17.2 Å². The molecule has 0 saturated heterocycles. The Morgan fingerprint density at radius 2 is 2.33 bits per heavy atom. The van der Waals surface area contributed by atoms with Crippen LogP contribution in [0.2, 0.25) is 0 Å². The first-order valence-corrected chi connectivity index (χ1v) is 4.08. The minimum atomic E-state index is -0.0585. The maximum Gasteiger partial charge on any atom is 0.0554 e. The quantitative estimate of drug-likeness (QED) is 0.611. The van der Waals surface area contributed by atoms with Crippen molar-refractivity contribution < 1.29 is 0 Å². The highest BCUT2D eigenvalue weighted by molar-refractivity contribution is 6.31. The molecular formula is C9H11ClN2. The number of hydrogen-bond acceptors (Lipinski definition) is 2. The van der Waals surface area contributed by atoms with Gasteiger partial charge in [-0.25, -0.2) is 0 Å². The number of nitrogens with two attached hydrogens (primary N) is 1. The molecule has 2 nitrogen and oxygen atoms in total. The Bertz CT molecular complexity index is 264. The van der Waals surface area contributed by atoms with E-state index in [1.807, 2.05) is 0 Å². The average molecular weight is 183 g/mol. The molecule has 0 radical (unpaired) electrons. The highest BCUT2D eigenvalue weighted by Crippen LogP contribution is 2.09. The zero-order valence-electron chi connectivity index (χ0n) is 6.70. The lowest BCUT2D eigenvalue weighted by atomic mass is 10.2. The molecule has 1 rings (SSSR count). The molecule has 0 aromatic carbocycles. The minimum Gasteiger partial charge on any atom is -0.324 e. The van der Waals surface area contributed by atoms with E-state index < -0.39 is 0 Å². The maximum atomic E-state index is 5.82. The van der Waals surface area contributed by atoms with Crippen molar-refractivity contribution in [2.24, 2.45) is 10.7 Å². The molecule has 1 unspecified atom stereocenters. The van der Waals surface area contributed by atoms with Crippen molar-refractivity contribution in [1.82, 2.24) is 0 Å². The third kappa shape index (κ3) is 3.03. The fourth-order valence-corrected chi connectivity index (χ4v) is 1.06. The summed E-state index contributed by atoms with van der Waals surface area (Å²) in [5, 5.41) is 0.633. The van der Waals surface area contributed by atoms with Crippen LogP contribution in [0, 0.1) is 0 Å². The fourth-order valence-electron chi connectivity index (χ4n) is 0.839. The smallest absolute Gasteiger partial charge is 0.0554 e. The van der Waals surface area contributed by atoms with Gasteiger partial charge in [0.05, 0.1) is 5.70 Å².